The van der Waals surface area contributed by atoms with Crippen LogP contribution in [0, 0.1) is 0 Å². The zero-order valence-corrected chi connectivity index (χ0v) is 7.84. The first-order valence-corrected chi connectivity index (χ1v) is 4.82. The molecule has 0 aliphatic carbocycles. The highest BCUT2D eigenvalue weighted by Crippen LogP contribution is 2.04. The maximum atomic E-state index is 5.34. The van der Waals surface area contributed by atoms with E-state index < -0.39 is 0 Å². The minimum absolute atomic E-state index is 0.555. The fourth-order valence-corrected chi connectivity index (χ4v) is 1.38. The van der Waals surface area contributed by atoms with Crippen LogP contribution in [0.25, 0.3) is 0 Å². The highest BCUT2D eigenvalue weighted by molar-refractivity contribution is 4.69. The first kappa shape index (κ1) is 9.96. The second-order valence-electron chi connectivity index (χ2n) is 3.07. The predicted octanol–water partition coefficient (Wildman–Crippen LogP) is 0.791. The van der Waals surface area contributed by atoms with Crippen LogP contribution in [0.2, 0.25) is 0 Å². The van der Waals surface area contributed by atoms with Crippen LogP contribution < -0.4 is 5.32 Å². The molecule has 0 radical (unpaired) electrons. The topological polar surface area (TPSA) is 30.5 Å². The molecule has 1 atom stereocenters. The second-order valence-corrected chi connectivity index (χ2v) is 3.07. The summed E-state index contributed by atoms with van der Waals surface area (Å²) in [5.74, 6) is 0. The molecule has 1 unspecified atom stereocenters. The number of rotatable bonds is 5. The van der Waals surface area contributed by atoms with Gasteiger partial charge in [-0.15, -0.1) is 0 Å². The molecule has 12 heavy (non-hydrogen) atoms. The molecular formula is C9H19NO2. The molecule has 3 nitrogen and oxygen atoms in total. The average Bonchev–Trinajstić information content (AvgIpc) is 2.14. The van der Waals surface area contributed by atoms with Gasteiger partial charge in [0, 0.05) is 25.8 Å². The molecule has 1 saturated heterocycles. The summed E-state index contributed by atoms with van der Waals surface area (Å²) < 4.78 is 10.6. The van der Waals surface area contributed by atoms with Crippen molar-refractivity contribution in [1.29, 1.82) is 0 Å². The Morgan fingerprint density at radius 2 is 2.50 bits per heavy atom. The first-order valence-electron chi connectivity index (χ1n) is 4.82. The van der Waals surface area contributed by atoms with Crippen LogP contribution in [0.3, 0.4) is 0 Å². The third-order valence-corrected chi connectivity index (χ3v) is 2.04. The Morgan fingerprint density at radius 1 is 1.58 bits per heavy atom. The molecule has 1 heterocycles. The van der Waals surface area contributed by atoms with Gasteiger partial charge in [0.1, 0.15) is 0 Å². The van der Waals surface area contributed by atoms with Gasteiger partial charge in [-0.3, -0.25) is 0 Å². The summed E-state index contributed by atoms with van der Waals surface area (Å²) >= 11 is 0. The van der Waals surface area contributed by atoms with Gasteiger partial charge < -0.3 is 14.8 Å². The first-order chi connectivity index (χ1) is 5.93. The standard InChI is InChI=1S/C9H19NO2/c1-2-11-7-5-10-9-4-3-6-12-8-9/h9-10H,2-8H2,1H3. The number of ether oxygens (including phenoxy) is 2. The summed E-state index contributed by atoms with van der Waals surface area (Å²) in [5.41, 5.74) is 0. The lowest BCUT2D eigenvalue weighted by molar-refractivity contribution is 0.0656. The zero-order chi connectivity index (χ0) is 8.65. The van der Waals surface area contributed by atoms with Crippen LogP contribution in [0.5, 0.6) is 0 Å². The van der Waals surface area contributed by atoms with E-state index in [9.17, 15) is 0 Å². The molecule has 0 aromatic carbocycles. The van der Waals surface area contributed by atoms with Crippen molar-refractivity contribution in [3.63, 3.8) is 0 Å². The van der Waals surface area contributed by atoms with Crippen molar-refractivity contribution in [2.24, 2.45) is 0 Å². The summed E-state index contributed by atoms with van der Waals surface area (Å²) in [4.78, 5) is 0. The summed E-state index contributed by atoms with van der Waals surface area (Å²) in [6, 6.07) is 0.555. The van der Waals surface area contributed by atoms with Gasteiger partial charge in [0.2, 0.25) is 0 Å². The van der Waals surface area contributed by atoms with E-state index in [4.69, 9.17) is 9.47 Å². The molecule has 72 valence electrons. The summed E-state index contributed by atoms with van der Waals surface area (Å²) in [6.07, 6.45) is 2.43. The van der Waals surface area contributed by atoms with Gasteiger partial charge in [-0.05, 0) is 19.8 Å². The average molecular weight is 173 g/mol. The van der Waals surface area contributed by atoms with E-state index in [2.05, 4.69) is 5.32 Å². The summed E-state index contributed by atoms with van der Waals surface area (Å²) in [5, 5.41) is 3.41. The van der Waals surface area contributed by atoms with Crippen LogP contribution in [-0.2, 0) is 9.47 Å². The van der Waals surface area contributed by atoms with E-state index >= 15 is 0 Å². The largest absolute Gasteiger partial charge is 0.380 e. The fraction of sp³-hybridized carbons (Fsp3) is 1.00. The molecule has 1 aliphatic rings. The van der Waals surface area contributed by atoms with Crippen molar-refractivity contribution in [2.45, 2.75) is 25.8 Å². The van der Waals surface area contributed by atoms with Crippen molar-refractivity contribution < 1.29 is 9.47 Å². The summed E-state index contributed by atoms with van der Waals surface area (Å²) in [6.45, 7) is 6.39. The maximum absolute atomic E-state index is 5.34. The lowest BCUT2D eigenvalue weighted by Gasteiger charge is -2.23. The highest BCUT2D eigenvalue weighted by atomic mass is 16.5. The van der Waals surface area contributed by atoms with Gasteiger partial charge in [0.05, 0.1) is 13.2 Å². The molecular weight excluding hydrogens is 154 g/mol. The van der Waals surface area contributed by atoms with Crippen molar-refractivity contribution >= 4 is 0 Å². The van der Waals surface area contributed by atoms with E-state index in [-0.39, 0.29) is 0 Å². The van der Waals surface area contributed by atoms with Gasteiger partial charge in [-0.25, -0.2) is 0 Å². The van der Waals surface area contributed by atoms with Crippen molar-refractivity contribution in [1.82, 2.24) is 5.32 Å². The van der Waals surface area contributed by atoms with E-state index in [1.165, 1.54) is 12.8 Å². The number of hydrogen-bond acceptors (Lipinski definition) is 3. The van der Waals surface area contributed by atoms with E-state index in [0.29, 0.717) is 6.04 Å². The molecule has 0 amide bonds. The van der Waals surface area contributed by atoms with Crippen molar-refractivity contribution in [2.75, 3.05) is 33.0 Å². The number of hydrogen-bond donors (Lipinski definition) is 1. The predicted molar refractivity (Wildman–Crippen MR) is 48.3 cm³/mol. The number of nitrogens with one attached hydrogen (secondary N) is 1. The van der Waals surface area contributed by atoms with Crippen molar-refractivity contribution in [3.05, 3.63) is 0 Å². The van der Waals surface area contributed by atoms with Crippen LogP contribution in [0.15, 0.2) is 0 Å². The van der Waals surface area contributed by atoms with Gasteiger partial charge in [-0.2, -0.15) is 0 Å². The Bertz CT molecular complexity index is 103. The fourth-order valence-electron chi connectivity index (χ4n) is 1.38. The van der Waals surface area contributed by atoms with E-state index in [1.54, 1.807) is 0 Å². The molecule has 0 spiro atoms. The van der Waals surface area contributed by atoms with E-state index in [1.807, 2.05) is 6.92 Å². The minimum Gasteiger partial charge on any atom is -0.380 e. The van der Waals surface area contributed by atoms with Gasteiger partial charge in [-0.1, -0.05) is 0 Å². The third-order valence-electron chi connectivity index (χ3n) is 2.04. The molecule has 1 fully saturated rings. The molecule has 0 bridgehead atoms. The highest BCUT2D eigenvalue weighted by Gasteiger charge is 2.11. The normalized spacial score (nSPS) is 24.2. The Hall–Kier alpha value is -0.120. The van der Waals surface area contributed by atoms with Crippen molar-refractivity contribution in [3.8, 4) is 0 Å². The molecule has 0 saturated carbocycles. The molecule has 0 aromatic heterocycles. The van der Waals surface area contributed by atoms with Gasteiger partial charge in [0.15, 0.2) is 0 Å². The maximum Gasteiger partial charge on any atom is 0.0619 e. The molecule has 0 aromatic rings. The smallest absolute Gasteiger partial charge is 0.0619 e. The second kappa shape index (κ2) is 6.40. The van der Waals surface area contributed by atoms with Crippen LogP contribution >= 0.6 is 0 Å². The Balaban J connectivity index is 1.91. The zero-order valence-electron chi connectivity index (χ0n) is 7.84. The summed E-state index contributed by atoms with van der Waals surface area (Å²) in [7, 11) is 0. The van der Waals surface area contributed by atoms with E-state index in [0.717, 1.165) is 33.0 Å². The van der Waals surface area contributed by atoms with Crippen LogP contribution in [0.1, 0.15) is 19.8 Å². The Morgan fingerprint density at radius 3 is 3.17 bits per heavy atom. The lowest BCUT2D eigenvalue weighted by Crippen LogP contribution is -2.38. The lowest BCUT2D eigenvalue weighted by atomic mass is 10.1. The molecule has 1 N–H and O–H groups in total. The van der Waals surface area contributed by atoms with Gasteiger partial charge >= 0.3 is 0 Å². The molecule has 1 aliphatic heterocycles. The Labute approximate surface area is 74.4 Å². The monoisotopic (exact) mass is 173 g/mol. The van der Waals surface area contributed by atoms with Crippen LogP contribution in [-0.4, -0.2) is 39.0 Å². The van der Waals surface area contributed by atoms with Gasteiger partial charge in [0.25, 0.3) is 0 Å². The quantitative estimate of drug-likeness (QED) is 0.624. The minimum atomic E-state index is 0.555. The molecule has 3 heteroatoms. The Kier molecular flexibility index (Phi) is 5.32. The SMILES string of the molecule is CCOCCNC1CCCOC1. The molecule has 1 rings (SSSR count). The van der Waals surface area contributed by atoms with Crippen LogP contribution in [0.4, 0.5) is 0 Å². The third kappa shape index (κ3) is 4.04.